The van der Waals surface area contributed by atoms with Gasteiger partial charge in [-0.3, -0.25) is 0 Å². The Labute approximate surface area is 135 Å². The summed E-state index contributed by atoms with van der Waals surface area (Å²) >= 11 is 0. The Kier molecular flexibility index (Phi) is 4.91. The topological polar surface area (TPSA) is 91.1 Å². The zero-order chi connectivity index (χ0) is 16.1. The average Bonchev–Trinajstić information content (AvgIpc) is 3.05. The standard InChI is InChI=1S/C16H21N5O2/c17-10-14-15(19-8-7-18-14)23-13-6-9-21(11-13)16(22)20-12-4-2-1-3-5-12/h7-8,12-13H,1-6,9,11H2,(H,20,22)/t13-/m0/s1. The molecule has 1 saturated carbocycles. The van der Waals surface area contributed by atoms with Crippen LogP contribution in [0.3, 0.4) is 0 Å². The quantitative estimate of drug-likeness (QED) is 0.919. The molecule has 2 heterocycles. The van der Waals surface area contributed by atoms with Crippen LogP contribution in [0.1, 0.15) is 44.2 Å². The number of hydrogen-bond acceptors (Lipinski definition) is 5. The van der Waals surface area contributed by atoms with Crippen molar-refractivity contribution in [1.29, 1.82) is 5.26 Å². The molecule has 1 aliphatic carbocycles. The van der Waals surface area contributed by atoms with E-state index in [1.807, 2.05) is 6.07 Å². The van der Waals surface area contributed by atoms with E-state index >= 15 is 0 Å². The van der Waals surface area contributed by atoms with E-state index in [9.17, 15) is 4.79 Å². The van der Waals surface area contributed by atoms with E-state index in [1.165, 1.54) is 31.7 Å². The number of urea groups is 1. The second kappa shape index (κ2) is 7.27. The number of nitriles is 1. The summed E-state index contributed by atoms with van der Waals surface area (Å²) in [5, 5.41) is 12.1. The molecular formula is C16H21N5O2. The minimum atomic E-state index is -0.143. The maximum absolute atomic E-state index is 12.3. The van der Waals surface area contributed by atoms with Gasteiger partial charge < -0.3 is 15.0 Å². The molecule has 0 aromatic carbocycles. The summed E-state index contributed by atoms with van der Waals surface area (Å²) in [6.45, 7) is 1.17. The van der Waals surface area contributed by atoms with Gasteiger partial charge in [0.2, 0.25) is 5.69 Å². The molecule has 1 saturated heterocycles. The Balaban J connectivity index is 1.52. The Morgan fingerprint density at radius 1 is 1.26 bits per heavy atom. The van der Waals surface area contributed by atoms with Gasteiger partial charge in [-0.05, 0) is 12.8 Å². The van der Waals surface area contributed by atoms with Crippen molar-refractivity contribution in [2.24, 2.45) is 0 Å². The zero-order valence-corrected chi connectivity index (χ0v) is 13.1. The lowest BCUT2D eigenvalue weighted by atomic mass is 9.96. The van der Waals surface area contributed by atoms with E-state index in [0.717, 1.165) is 19.3 Å². The molecule has 0 bridgehead atoms. The van der Waals surface area contributed by atoms with Crippen LogP contribution < -0.4 is 10.1 Å². The molecule has 0 spiro atoms. The van der Waals surface area contributed by atoms with Crippen molar-refractivity contribution >= 4 is 6.03 Å². The number of likely N-dealkylation sites (tertiary alicyclic amines) is 1. The number of carbonyl (C=O) groups is 1. The summed E-state index contributed by atoms with van der Waals surface area (Å²) in [7, 11) is 0. The molecule has 1 atom stereocenters. The Bertz CT molecular complexity index is 594. The van der Waals surface area contributed by atoms with Crippen LogP contribution in [0.4, 0.5) is 4.79 Å². The number of nitrogens with one attached hydrogen (secondary N) is 1. The SMILES string of the molecule is N#Cc1nccnc1O[C@H]1CCN(C(=O)NC2CCCCC2)C1. The third-order valence-electron chi connectivity index (χ3n) is 4.41. The predicted molar refractivity (Wildman–Crippen MR) is 82.8 cm³/mol. The van der Waals surface area contributed by atoms with E-state index in [2.05, 4.69) is 15.3 Å². The highest BCUT2D eigenvalue weighted by Gasteiger charge is 2.29. The average molecular weight is 315 g/mol. The molecule has 7 nitrogen and oxygen atoms in total. The molecule has 7 heteroatoms. The minimum absolute atomic E-state index is 0.0114. The highest BCUT2D eigenvalue weighted by Crippen LogP contribution is 2.20. The molecule has 23 heavy (non-hydrogen) atoms. The number of nitrogens with zero attached hydrogens (tertiary/aromatic N) is 4. The van der Waals surface area contributed by atoms with Crippen molar-refractivity contribution in [3.05, 3.63) is 18.1 Å². The second-order valence-corrected chi connectivity index (χ2v) is 6.08. The molecule has 0 unspecified atom stereocenters. The highest BCUT2D eigenvalue weighted by atomic mass is 16.5. The van der Waals surface area contributed by atoms with E-state index in [0.29, 0.717) is 19.1 Å². The van der Waals surface area contributed by atoms with Gasteiger partial charge >= 0.3 is 6.03 Å². The first-order valence-electron chi connectivity index (χ1n) is 8.19. The van der Waals surface area contributed by atoms with Gasteiger partial charge in [0, 0.05) is 31.4 Å². The van der Waals surface area contributed by atoms with Gasteiger partial charge in [-0.1, -0.05) is 19.3 Å². The van der Waals surface area contributed by atoms with Crippen LogP contribution >= 0.6 is 0 Å². The largest absolute Gasteiger partial charge is 0.470 e. The molecule has 0 radical (unpaired) electrons. The smallest absolute Gasteiger partial charge is 0.317 e. The first-order chi connectivity index (χ1) is 11.3. The maximum atomic E-state index is 12.3. The zero-order valence-electron chi connectivity index (χ0n) is 13.1. The number of rotatable bonds is 3. The van der Waals surface area contributed by atoms with Crippen molar-refractivity contribution in [2.45, 2.75) is 50.7 Å². The van der Waals surface area contributed by atoms with E-state index < -0.39 is 0 Å². The van der Waals surface area contributed by atoms with Crippen LogP contribution in [0, 0.1) is 11.3 Å². The number of aromatic nitrogens is 2. The number of carbonyl (C=O) groups excluding carboxylic acids is 1. The summed E-state index contributed by atoms with van der Waals surface area (Å²) in [5.74, 6) is 0.245. The Morgan fingerprint density at radius 3 is 2.83 bits per heavy atom. The lowest BCUT2D eigenvalue weighted by molar-refractivity contribution is 0.178. The molecule has 2 fully saturated rings. The van der Waals surface area contributed by atoms with Gasteiger partial charge in [0.15, 0.2) is 0 Å². The number of amides is 2. The third-order valence-corrected chi connectivity index (χ3v) is 4.41. The molecule has 1 aromatic heterocycles. The van der Waals surface area contributed by atoms with Gasteiger partial charge in [-0.15, -0.1) is 0 Å². The molecular weight excluding hydrogens is 294 g/mol. The fourth-order valence-corrected chi connectivity index (χ4v) is 3.17. The van der Waals surface area contributed by atoms with Crippen molar-refractivity contribution < 1.29 is 9.53 Å². The van der Waals surface area contributed by atoms with E-state index in [-0.39, 0.29) is 23.7 Å². The van der Waals surface area contributed by atoms with Crippen molar-refractivity contribution in [3.8, 4) is 11.9 Å². The van der Waals surface area contributed by atoms with Crippen molar-refractivity contribution in [2.75, 3.05) is 13.1 Å². The first-order valence-corrected chi connectivity index (χ1v) is 8.19. The Morgan fingerprint density at radius 2 is 2.04 bits per heavy atom. The molecule has 122 valence electrons. The van der Waals surface area contributed by atoms with Crippen LogP contribution in [0.2, 0.25) is 0 Å². The fraction of sp³-hybridized carbons (Fsp3) is 0.625. The number of hydrogen-bond donors (Lipinski definition) is 1. The summed E-state index contributed by atoms with van der Waals surface area (Å²) < 4.78 is 5.75. The molecule has 2 aliphatic rings. The third kappa shape index (κ3) is 3.89. The molecule has 1 aliphatic heterocycles. The van der Waals surface area contributed by atoms with Crippen LogP contribution in [-0.4, -0.2) is 46.1 Å². The normalized spacial score (nSPS) is 21.7. The van der Waals surface area contributed by atoms with E-state index in [1.54, 1.807) is 4.90 Å². The van der Waals surface area contributed by atoms with Gasteiger partial charge in [0.05, 0.1) is 6.54 Å². The van der Waals surface area contributed by atoms with E-state index in [4.69, 9.17) is 10.00 Å². The fourth-order valence-electron chi connectivity index (χ4n) is 3.17. The highest BCUT2D eigenvalue weighted by molar-refractivity contribution is 5.74. The van der Waals surface area contributed by atoms with Crippen LogP contribution in [-0.2, 0) is 0 Å². The summed E-state index contributed by atoms with van der Waals surface area (Å²) in [4.78, 5) is 22.1. The summed E-state index contributed by atoms with van der Waals surface area (Å²) in [6.07, 6.45) is 9.36. The summed E-state index contributed by atoms with van der Waals surface area (Å²) in [5.41, 5.74) is 0.178. The first kappa shape index (κ1) is 15.5. The predicted octanol–water partition coefficient (Wildman–Crippen LogP) is 1.84. The lowest BCUT2D eigenvalue weighted by Gasteiger charge is -2.26. The van der Waals surface area contributed by atoms with Crippen LogP contribution in [0.25, 0.3) is 0 Å². The van der Waals surface area contributed by atoms with Gasteiger partial charge in [-0.25, -0.2) is 14.8 Å². The molecule has 3 rings (SSSR count). The molecule has 1 aromatic rings. The van der Waals surface area contributed by atoms with Crippen molar-refractivity contribution in [1.82, 2.24) is 20.2 Å². The summed E-state index contributed by atoms with van der Waals surface area (Å²) in [6, 6.07) is 2.26. The second-order valence-electron chi connectivity index (χ2n) is 6.08. The molecule has 2 amide bonds. The van der Waals surface area contributed by atoms with Crippen molar-refractivity contribution in [3.63, 3.8) is 0 Å². The monoisotopic (exact) mass is 315 g/mol. The number of ether oxygens (including phenoxy) is 1. The Hall–Kier alpha value is -2.36. The van der Waals surface area contributed by atoms with Crippen LogP contribution in [0.5, 0.6) is 5.88 Å². The maximum Gasteiger partial charge on any atom is 0.317 e. The molecule has 1 N–H and O–H groups in total. The van der Waals surface area contributed by atoms with Crippen LogP contribution in [0.15, 0.2) is 12.4 Å². The minimum Gasteiger partial charge on any atom is -0.470 e. The van der Waals surface area contributed by atoms with Gasteiger partial charge in [0.1, 0.15) is 12.2 Å². The van der Waals surface area contributed by atoms with Gasteiger partial charge in [0.25, 0.3) is 5.88 Å². The van der Waals surface area contributed by atoms with Gasteiger partial charge in [-0.2, -0.15) is 5.26 Å². The lowest BCUT2D eigenvalue weighted by Crippen LogP contribution is -2.45.